The summed E-state index contributed by atoms with van der Waals surface area (Å²) in [5.41, 5.74) is 3.43. The van der Waals surface area contributed by atoms with Crippen molar-refractivity contribution in [3.05, 3.63) is 78.4 Å². The Bertz CT molecular complexity index is 376. The molecule has 72 valence electrons. The maximum atomic E-state index is 4.10. The van der Waals surface area contributed by atoms with E-state index in [1.54, 1.807) is 0 Å². The Hall–Kier alpha value is -0.339. The summed E-state index contributed by atoms with van der Waals surface area (Å²) in [7, 11) is 0. The summed E-state index contributed by atoms with van der Waals surface area (Å²) < 4.78 is 0. The molecule has 0 spiro atoms. The second-order valence-electron chi connectivity index (χ2n) is 3.21. The van der Waals surface area contributed by atoms with Crippen LogP contribution >= 0.6 is 0 Å². The molecule has 0 amide bonds. The third-order valence-corrected chi connectivity index (χ3v) is 2.24. The summed E-state index contributed by atoms with van der Waals surface area (Å²) in [6.07, 6.45) is 0. The van der Waals surface area contributed by atoms with E-state index in [0.717, 1.165) is 5.57 Å². The van der Waals surface area contributed by atoms with Gasteiger partial charge < -0.3 is 0 Å². The predicted octanol–water partition coefficient (Wildman–Crippen LogP) is 2.83. The van der Waals surface area contributed by atoms with Crippen LogP contribution in [0.5, 0.6) is 0 Å². The van der Waals surface area contributed by atoms with E-state index < -0.39 is 0 Å². The van der Waals surface area contributed by atoms with Crippen LogP contribution in [0.4, 0.5) is 0 Å². The molecule has 0 bridgehead atoms. The van der Waals surface area contributed by atoms with E-state index in [1.165, 1.54) is 11.1 Å². The van der Waals surface area contributed by atoms with Crippen molar-refractivity contribution in [3.8, 4) is 0 Å². The topological polar surface area (TPSA) is 0 Å². The SMILES string of the molecule is C=C(c1ccccc1)c1ccccc1.[SrH2]. The molecule has 0 aliphatic rings. The van der Waals surface area contributed by atoms with Gasteiger partial charge in [0.25, 0.3) is 0 Å². The van der Waals surface area contributed by atoms with E-state index in [9.17, 15) is 0 Å². The van der Waals surface area contributed by atoms with E-state index in [-0.39, 0.29) is 45.5 Å². The van der Waals surface area contributed by atoms with Crippen molar-refractivity contribution in [1.82, 2.24) is 0 Å². The number of hydrogen-bond donors (Lipinski definition) is 0. The quantitative estimate of drug-likeness (QED) is 0.736. The van der Waals surface area contributed by atoms with Gasteiger partial charge >= 0.3 is 45.5 Å². The molecule has 0 saturated carbocycles. The van der Waals surface area contributed by atoms with Crippen LogP contribution < -0.4 is 0 Å². The Kier molecular flexibility index (Phi) is 5.34. The summed E-state index contributed by atoms with van der Waals surface area (Å²) >= 11 is 0. The Morgan fingerprint density at radius 3 is 1.33 bits per heavy atom. The van der Waals surface area contributed by atoms with Crippen molar-refractivity contribution in [3.63, 3.8) is 0 Å². The van der Waals surface area contributed by atoms with E-state index in [2.05, 4.69) is 30.8 Å². The fourth-order valence-corrected chi connectivity index (χ4v) is 1.45. The van der Waals surface area contributed by atoms with E-state index in [0.29, 0.717) is 0 Å². The molecule has 2 aromatic carbocycles. The molecule has 15 heavy (non-hydrogen) atoms. The standard InChI is InChI=1S/C14H12.Sr.2H/c1-12(13-8-4-2-5-9-13)14-10-6-3-7-11-14;;;/h2-11H,1H2;;;. The number of benzene rings is 2. The summed E-state index contributed by atoms with van der Waals surface area (Å²) in [4.78, 5) is 0. The molecule has 1 heteroatoms. The molecule has 2 aromatic rings. The molecule has 0 heterocycles. The molecule has 0 fully saturated rings. The first-order chi connectivity index (χ1) is 6.88. The van der Waals surface area contributed by atoms with Crippen LogP contribution in [0, 0.1) is 0 Å². The van der Waals surface area contributed by atoms with E-state index in [4.69, 9.17) is 0 Å². The molecule has 0 aliphatic heterocycles. The molecule has 0 saturated heterocycles. The van der Waals surface area contributed by atoms with Gasteiger partial charge in [0.05, 0.1) is 0 Å². The molecular weight excluding hydrogens is 256 g/mol. The number of hydrogen-bond acceptors (Lipinski definition) is 0. The van der Waals surface area contributed by atoms with Crippen molar-refractivity contribution in [2.45, 2.75) is 0 Å². The average molecular weight is 270 g/mol. The molecule has 0 radical (unpaired) electrons. The van der Waals surface area contributed by atoms with Gasteiger partial charge in [-0.1, -0.05) is 67.2 Å². The monoisotopic (exact) mass is 270 g/mol. The van der Waals surface area contributed by atoms with Crippen molar-refractivity contribution in [1.29, 1.82) is 0 Å². The Balaban J connectivity index is 0.00000112. The van der Waals surface area contributed by atoms with Crippen molar-refractivity contribution >= 4 is 51.1 Å². The van der Waals surface area contributed by atoms with Crippen molar-refractivity contribution < 1.29 is 0 Å². The van der Waals surface area contributed by atoms with Gasteiger partial charge in [0.1, 0.15) is 0 Å². The molecule has 0 aromatic heterocycles. The van der Waals surface area contributed by atoms with Crippen LogP contribution in [0.25, 0.3) is 5.57 Å². The predicted molar refractivity (Wildman–Crippen MR) is 69.6 cm³/mol. The molecule has 2 rings (SSSR count). The summed E-state index contributed by atoms with van der Waals surface area (Å²) in [5.74, 6) is 0. The second kappa shape index (κ2) is 6.29. The summed E-state index contributed by atoms with van der Waals surface area (Å²) in [6, 6.07) is 20.5. The maximum absolute atomic E-state index is 4.10. The van der Waals surface area contributed by atoms with Gasteiger partial charge in [-0.3, -0.25) is 0 Å². The van der Waals surface area contributed by atoms with Gasteiger partial charge in [-0.15, -0.1) is 0 Å². The molecule has 0 atom stereocenters. The molecule has 0 unspecified atom stereocenters. The van der Waals surface area contributed by atoms with Crippen molar-refractivity contribution in [2.24, 2.45) is 0 Å². The van der Waals surface area contributed by atoms with Crippen molar-refractivity contribution in [2.75, 3.05) is 0 Å². The van der Waals surface area contributed by atoms with E-state index in [1.807, 2.05) is 36.4 Å². The zero-order valence-electron chi connectivity index (χ0n) is 7.98. The average Bonchev–Trinajstić information content (AvgIpc) is 2.30. The molecule has 0 N–H and O–H groups in total. The Labute approximate surface area is 128 Å². The first-order valence-corrected chi connectivity index (χ1v) is 4.67. The zero-order chi connectivity index (χ0) is 9.80. The van der Waals surface area contributed by atoms with Crippen LogP contribution in [0.2, 0.25) is 0 Å². The van der Waals surface area contributed by atoms with Gasteiger partial charge in [0.15, 0.2) is 0 Å². The fourth-order valence-electron chi connectivity index (χ4n) is 1.45. The van der Waals surface area contributed by atoms with E-state index >= 15 is 0 Å². The Morgan fingerprint density at radius 2 is 1.00 bits per heavy atom. The first-order valence-electron chi connectivity index (χ1n) is 4.67. The summed E-state index contributed by atoms with van der Waals surface area (Å²) in [5, 5.41) is 0. The molecule has 0 aliphatic carbocycles. The van der Waals surface area contributed by atoms with Crippen LogP contribution in [-0.2, 0) is 0 Å². The normalized spacial score (nSPS) is 9.07. The van der Waals surface area contributed by atoms with Crippen LogP contribution in [0.15, 0.2) is 67.2 Å². The van der Waals surface area contributed by atoms with Gasteiger partial charge in [-0.05, 0) is 16.7 Å². The number of rotatable bonds is 2. The van der Waals surface area contributed by atoms with Gasteiger partial charge in [-0.2, -0.15) is 0 Å². The van der Waals surface area contributed by atoms with Crippen LogP contribution in [-0.4, -0.2) is 45.5 Å². The van der Waals surface area contributed by atoms with Crippen LogP contribution in [0.3, 0.4) is 0 Å². The first kappa shape index (κ1) is 12.7. The molecular formula is C14H14Sr. The van der Waals surface area contributed by atoms with Crippen LogP contribution in [0.1, 0.15) is 11.1 Å². The third kappa shape index (κ3) is 3.32. The minimum absolute atomic E-state index is 0. The fraction of sp³-hybridized carbons (Fsp3) is 0. The third-order valence-electron chi connectivity index (χ3n) is 2.24. The minimum atomic E-state index is 0. The zero-order valence-corrected chi connectivity index (χ0v) is 7.98. The van der Waals surface area contributed by atoms with Gasteiger partial charge in [0, 0.05) is 0 Å². The van der Waals surface area contributed by atoms with Gasteiger partial charge in [0.2, 0.25) is 0 Å². The molecule has 0 nitrogen and oxygen atoms in total. The Morgan fingerprint density at radius 1 is 0.667 bits per heavy atom. The van der Waals surface area contributed by atoms with Gasteiger partial charge in [-0.25, -0.2) is 0 Å². The second-order valence-corrected chi connectivity index (χ2v) is 3.21. The summed E-state index contributed by atoms with van der Waals surface area (Å²) in [6.45, 7) is 4.10.